The molecule has 0 amide bonds. The zero-order valence-electron chi connectivity index (χ0n) is 15.2. The Hall–Kier alpha value is -1.92. The fourth-order valence-electron chi connectivity index (χ4n) is 3.04. The molecule has 0 saturated carbocycles. The second-order valence-corrected chi connectivity index (χ2v) is 6.73. The predicted molar refractivity (Wildman–Crippen MR) is 107 cm³/mol. The van der Waals surface area contributed by atoms with Crippen LogP contribution in [0.15, 0.2) is 36.0 Å². The highest BCUT2D eigenvalue weighted by Crippen LogP contribution is 2.20. The second-order valence-electron chi connectivity index (χ2n) is 6.32. The number of benzene rings is 1. The minimum absolute atomic E-state index is 0.491. The van der Waals surface area contributed by atoms with Crippen LogP contribution in [0, 0.1) is 0 Å². The third kappa shape index (κ3) is 6.14. The third-order valence-electron chi connectivity index (χ3n) is 4.43. The molecule has 1 aromatic carbocycles. The van der Waals surface area contributed by atoms with Gasteiger partial charge in [-0.1, -0.05) is 6.08 Å². The Labute approximate surface area is 156 Å². The highest BCUT2D eigenvalue weighted by atomic mass is 32.1. The molecule has 0 aliphatic carbocycles. The van der Waals surface area contributed by atoms with Crippen LogP contribution in [-0.2, 0) is 6.54 Å². The molecule has 136 valence electrons. The average Bonchev–Trinajstić information content (AvgIpc) is 2.65. The summed E-state index contributed by atoms with van der Waals surface area (Å²) in [6.07, 6.45) is 5.74. The average molecular weight is 362 g/mol. The van der Waals surface area contributed by atoms with E-state index in [1.165, 1.54) is 37.9 Å². The van der Waals surface area contributed by atoms with E-state index in [0.717, 1.165) is 23.6 Å². The van der Waals surface area contributed by atoms with E-state index in [0.29, 0.717) is 11.7 Å². The quantitative estimate of drug-likeness (QED) is 0.299. The van der Waals surface area contributed by atoms with Gasteiger partial charge in [-0.25, -0.2) is 0 Å². The van der Waals surface area contributed by atoms with E-state index < -0.39 is 0 Å². The van der Waals surface area contributed by atoms with Crippen molar-refractivity contribution in [1.29, 1.82) is 0 Å². The molecule has 2 rings (SSSR count). The molecule has 0 atom stereocenters. The lowest BCUT2D eigenvalue weighted by Gasteiger charge is -2.24. The Kier molecular flexibility index (Phi) is 7.88. The normalized spacial score (nSPS) is 15.5. The maximum Gasteiger partial charge on any atom is 0.187 e. The summed E-state index contributed by atoms with van der Waals surface area (Å²) in [7, 11) is 1.73. The van der Waals surface area contributed by atoms with Gasteiger partial charge < -0.3 is 15.0 Å². The van der Waals surface area contributed by atoms with Gasteiger partial charge in [0.15, 0.2) is 5.11 Å². The van der Waals surface area contributed by atoms with Crippen molar-refractivity contribution >= 4 is 23.0 Å². The number of piperidine rings is 1. The summed E-state index contributed by atoms with van der Waals surface area (Å²) < 4.78 is 5.56. The molecule has 1 heterocycles. The fraction of sp³-hybridized carbons (Fsp3) is 0.474. The van der Waals surface area contributed by atoms with Crippen molar-refractivity contribution in [2.45, 2.75) is 32.7 Å². The first-order valence-corrected chi connectivity index (χ1v) is 9.24. The lowest BCUT2D eigenvalue weighted by atomic mass is 10.0. The van der Waals surface area contributed by atoms with Crippen LogP contribution in [0.25, 0.3) is 0 Å². The van der Waals surface area contributed by atoms with E-state index in [1.54, 1.807) is 18.1 Å². The molecule has 0 spiro atoms. The molecule has 0 bridgehead atoms. The minimum Gasteiger partial charge on any atom is -0.496 e. The molecule has 1 aliphatic rings. The first-order chi connectivity index (χ1) is 12.1. The van der Waals surface area contributed by atoms with Crippen molar-refractivity contribution in [2.24, 2.45) is 5.10 Å². The van der Waals surface area contributed by atoms with Crippen LogP contribution >= 0.6 is 12.2 Å². The standard InChI is InChI=1S/C19H28N4OS/c1-4-10-20-19(25)22-21-15(2)16-8-9-18(24-3)17(13-16)14-23-11-6-5-7-12-23/h4,8-9,13H,1,5-7,10-12,14H2,2-3H3,(H2,20,22,25)/p+1/b21-15-. The van der Waals surface area contributed by atoms with Crippen LogP contribution in [-0.4, -0.2) is 37.6 Å². The molecular weight excluding hydrogens is 332 g/mol. The Morgan fingerprint density at radius 2 is 2.12 bits per heavy atom. The van der Waals surface area contributed by atoms with Crippen molar-refractivity contribution in [3.05, 3.63) is 42.0 Å². The summed E-state index contributed by atoms with van der Waals surface area (Å²) in [6, 6.07) is 6.25. The SMILES string of the molecule is C=CCNC(=S)N/N=C(/C)c1ccc(OC)c(C[NH+]2CCCCC2)c1. The van der Waals surface area contributed by atoms with Crippen LogP contribution < -0.4 is 20.4 Å². The maximum atomic E-state index is 5.56. The molecule has 25 heavy (non-hydrogen) atoms. The zero-order chi connectivity index (χ0) is 18.1. The number of hydrazone groups is 1. The first kappa shape index (κ1) is 19.4. The van der Waals surface area contributed by atoms with E-state index in [9.17, 15) is 0 Å². The van der Waals surface area contributed by atoms with Gasteiger partial charge >= 0.3 is 0 Å². The third-order valence-corrected chi connectivity index (χ3v) is 4.67. The number of likely N-dealkylation sites (tertiary alicyclic amines) is 1. The van der Waals surface area contributed by atoms with Crippen molar-refractivity contribution in [3.63, 3.8) is 0 Å². The van der Waals surface area contributed by atoms with Gasteiger partial charge in [-0.05, 0) is 62.2 Å². The molecule has 0 radical (unpaired) electrons. The number of ether oxygens (including phenoxy) is 1. The summed E-state index contributed by atoms with van der Waals surface area (Å²) in [4.78, 5) is 1.63. The maximum absolute atomic E-state index is 5.56. The largest absolute Gasteiger partial charge is 0.496 e. The fourth-order valence-corrected chi connectivity index (χ4v) is 3.17. The van der Waals surface area contributed by atoms with E-state index in [-0.39, 0.29) is 0 Å². The van der Waals surface area contributed by atoms with Gasteiger partial charge in [0.2, 0.25) is 0 Å². The van der Waals surface area contributed by atoms with Crippen molar-refractivity contribution in [3.8, 4) is 5.75 Å². The van der Waals surface area contributed by atoms with Crippen molar-refractivity contribution in [1.82, 2.24) is 10.7 Å². The number of nitrogens with one attached hydrogen (secondary N) is 3. The molecule has 1 aromatic rings. The molecular formula is C19H29N4OS+. The Bertz CT molecular complexity index is 624. The number of nitrogens with zero attached hydrogens (tertiary/aromatic N) is 1. The molecule has 1 saturated heterocycles. The van der Waals surface area contributed by atoms with Crippen molar-refractivity contribution < 1.29 is 9.64 Å². The summed E-state index contributed by atoms with van der Waals surface area (Å²) in [6.45, 7) is 9.72. The molecule has 5 nitrogen and oxygen atoms in total. The topological polar surface area (TPSA) is 50.1 Å². The molecule has 1 aliphatic heterocycles. The van der Waals surface area contributed by atoms with Gasteiger partial charge in [-0.3, -0.25) is 5.43 Å². The van der Waals surface area contributed by atoms with Crippen LogP contribution in [0.5, 0.6) is 5.75 Å². The summed E-state index contributed by atoms with van der Waals surface area (Å²) in [5.74, 6) is 0.950. The molecule has 6 heteroatoms. The number of thiocarbonyl (C=S) groups is 1. The number of rotatable bonds is 7. The summed E-state index contributed by atoms with van der Waals surface area (Å²) >= 11 is 5.16. The molecule has 0 unspecified atom stereocenters. The molecule has 3 N–H and O–H groups in total. The Balaban J connectivity index is 2.08. The van der Waals surface area contributed by atoms with Crippen LogP contribution in [0.4, 0.5) is 0 Å². The Morgan fingerprint density at radius 1 is 1.36 bits per heavy atom. The lowest BCUT2D eigenvalue weighted by molar-refractivity contribution is -0.918. The van der Waals surface area contributed by atoms with Gasteiger partial charge in [0.05, 0.1) is 25.9 Å². The smallest absolute Gasteiger partial charge is 0.187 e. The van der Waals surface area contributed by atoms with Crippen molar-refractivity contribution in [2.75, 3.05) is 26.7 Å². The number of quaternary nitrogens is 1. The number of hydrogen-bond donors (Lipinski definition) is 3. The molecule has 0 aromatic heterocycles. The molecule has 1 fully saturated rings. The van der Waals surface area contributed by atoms with Gasteiger partial charge in [-0.2, -0.15) is 5.10 Å². The van der Waals surface area contributed by atoms with E-state index in [4.69, 9.17) is 17.0 Å². The van der Waals surface area contributed by atoms with Crippen LogP contribution in [0.1, 0.15) is 37.3 Å². The highest BCUT2D eigenvalue weighted by Gasteiger charge is 2.17. The second kappa shape index (κ2) is 10.2. The Morgan fingerprint density at radius 3 is 2.80 bits per heavy atom. The van der Waals surface area contributed by atoms with E-state index >= 15 is 0 Å². The van der Waals surface area contributed by atoms with E-state index in [2.05, 4.69) is 28.5 Å². The highest BCUT2D eigenvalue weighted by molar-refractivity contribution is 7.80. The van der Waals surface area contributed by atoms with Crippen LogP contribution in [0.3, 0.4) is 0 Å². The number of hydrogen-bond acceptors (Lipinski definition) is 3. The summed E-state index contributed by atoms with van der Waals surface area (Å²) in [5.41, 5.74) is 6.07. The first-order valence-electron chi connectivity index (χ1n) is 8.84. The van der Waals surface area contributed by atoms with E-state index in [1.807, 2.05) is 19.1 Å². The van der Waals surface area contributed by atoms with Crippen LogP contribution in [0.2, 0.25) is 0 Å². The predicted octanol–water partition coefficient (Wildman–Crippen LogP) is 1.64. The lowest BCUT2D eigenvalue weighted by Crippen LogP contribution is -3.11. The van der Waals surface area contributed by atoms with Gasteiger partial charge in [-0.15, -0.1) is 6.58 Å². The summed E-state index contributed by atoms with van der Waals surface area (Å²) in [5, 5.41) is 7.86. The minimum atomic E-state index is 0.491. The number of methoxy groups -OCH3 is 1. The van der Waals surface area contributed by atoms with Gasteiger partial charge in [0.25, 0.3) is 0 Å². The van der Waals surface area contributed by atoms with Gasteiger partial charge in [0, 0.05) is 12.1 Å². The van der Waals surface area contributed by atoms with Gasteiger partial charge in [0.1, 0.15) is 12.3 Å². The monoisotopic (exact) mass is 361 g/mol. The zero-order valence-corrected chi connectivity index (χ0v) is 16.0.